The number of para-hydroxylation sites is 4. The predicted molar refractivity (Wildman–Crippen MR) is 270 cm³/mol. The van der Waals surface area contributed by atoms with Gasteiger partial charge in [0.2, 0.25) is 0 Å². The molecule has 2 atom stereocenters. The van der Waals surface area contributed by atoms with Gasteiger partial charge in [-0.2, -0.15) is 0 Å². The molecule has 1 aliphatic heterocycles. The molecule has 0 spiro atoms. The number of aromatic nitrogens is 1. The summed E-state index contributed by atoms with van der Waals surface area (Å²) in [5, 5.41) is 2.23. The highest BCUT2D eigenvalue weighted by Crippen LogP contribution is 2.55. The van der Waals surface area contributed by atoms with Gasteiger partial charge in [0.05, 0.1) is 22.3 Å². The molecule has 0 bridgehead atoms. The zero-order valence-electron chi connectivity index (χ0n) is 36.6. The molecule has 2 aliphatic rings. The molecular weight excluding hydrogens is 827 g/mol. The van der Waals surface area contributed by atoms with Crippen LogP contribution in [0.15, 0.2) is 236 Å². The van der Waals surface area contributed by atoms with Gasteiger partial charge in [0.15, 0.2) is 0 Å². The molecule has 1 aliphatic carbocycles. The Morgan fingerprint density at radius 2 is 1.10 bits per heavy atom. The molecule has 0 fully saturated rings. The first-order valence-corrected chi connectivity index (χ1v) is 22.5. The summed E-state index contributed by atoms with van der Waals surface area (Å²) in [5.74, 6) is -0.479. The van der Waals surface area contributed by atoms with E-state index in [9.17, 15) is 8.78 Å². The molecule has 9 aromatic carbocycles. The molecule has 2 unspecified atom stereocenters. The lowest BCUT2D eigenvalue weighted by Crippen LogP contribution is -2.43. The minimum atomic E-state index is -0.409. The average Bonchev–Trinajstić information content (AvgIpc) is 3.84. The molecule has 0 radical (unpaired) electrons. The number of halogens is 2. The molecule has 2 heterocycles. The van der Waals surface area contributed by atoms with Crippen LogP contribution >= 0.6 is 0 Å². The van der Waals surface area contributed by atoms with E-state index in [-0.39, 0.29) is 17.6 Å². The summed E-state index contributed by atoms with van der Waals surface area (Å²) in [5.41, 5.74) is 13.9. The van der Waals surface area contributed by atoms with Gasteiger partial charge in [-0.3, -0.25) is 0 Å². The van der Waals surface area contributed by atoms with Crippen molar-refractivity contribution < 1.29 is 8.78 Å². The van der Waals surface area contributed by atoms with Crippen molar-refractivity contribution in [2.75, 3.05) is 14.7 Å². The zero-order valence-corrected chi connectivity index (χ0v) is 36.6. The van der Waals surface area contributed by atoms with Gasteiger partial charge in [-0.05, 0) is 158 Å². The van der Waals surface area contributed by atoms with Gasteiger partial charge in [0.25, 0.3) is 0 Å². The van der Waals surface area contributed by atoms with Crippen molar-refractivity contribution in [3.05, 3.63) is 266 Å². The molecule has 0 saturated heterocycles. The molecule has 10 aromatic rings. The van der Waals surface area contributed by atoms with Crippen LogP contribution in [-0.4, -0.2) is 10.1 Å². The summed E-state index contributed by atoms with van der Waals surface area (Å²) >= 11 is 0. The topological polar surface area (TPSA) is 14.7 Å². The van der Waals surface area contributed by atoms with Crippen LogP contribution in [-0.2, 0) is 0 Å². The molecule has 6 heteroatoms. The van der Waals surface area contributed by atoms with Gasteiger partial charge in [0, 0.05) is 67.8 Å². The lowest BCUT2D eigenvalue weighted by atomic mass is 9.79. The minimum absolute atomic E-state index is 0.0286. The summed E-state index contributed by atoms with van der Waals surface area (Å²) in [6.07, 6.45) is 6.84. The molecule has 1 aromatic heterocycles. The monoisotopic (exact) mass is 868 g/mol. The maximum Gasteiger partial charge on any atom is 0.123 e. The number of fused-ring (bicyclic) bond motifs is 6. The molecule has 0 saturated carbocycles. The number of hydrogen-bond donors (Lipinski definition) is 0. The SMILES string of the molecule is CC12C=CC(N(c3c#cc(-c4ccc(N(c5ccccc5)c5ccc6c(c5)c5ccccc5n6-c5ccc(F)cc5)cc4)cc3)c3ccccc3)=CC1c1ccccc1N2c1ccc(F)cc1. The first kappa shape index (κ1) is 39.9. The van der Waals surface area contributed by atoms with E-state index in [1.807, 2.05) is 42.5 Å². The Labute approximate surface area is 388 Å². The fourth-order valence-electron chi connectivity index (χ4n) is 10.2. The van der Waals surface area contributed by atoms with E-state index in [0.717, 1.165) is 84.1 Å². The summed E-state index contributed by atoms with van der Waals surface area (Å²) in [6, 6.07) is 77.7. The Balaban J connectivity index is 0.878. The maximum atomic E-state index is 14.1. The van der Waals surface area contributed by atoms with Crippen molar-refractivity contribution in [2.24, 2.45) is 0 Å². The van der Waals surface area contributed by atoms with Crippen LogP contribution in [0.1, 0.15) is 18.4 Å². The molecule has 0 N–H and O–H groups in total. The molecule has 4 nitrogen and oxygen atoms in total. The van der Waals surface area contributed by atoms with Crippen LogP contribution in [0.5, 0.6) is 0 Å². The molecule has 0 amide bonds. The number of nitrogens with zero attached hydrogens (tertiary/aromatic N) is 4. The lowest BCUT2D eigenvalue weighted by Gasteiger charge is -2.41. The van der Waals surface area contributed by atoms with Gasteiger partial charge in [-0.15, -0.1) is 0 Å². The largest absolute Gasteiger partial charge is 0.331 e. The van der Waals surface area contributed by atoms with E-state index in [2.05, 4.69) is 202 Å². The van der Waals surface area contributed by atoms with Gasteiger partial charge < -0.3 is 19.3 Å². The Kier molecular flexibility index (Phi) is 9.58. The Hall–Kier alpha value is -8.66. The standard InChI is InChI=1S/C61H42F2N4/c1-61-39-38-53(41-57(61)55-17-9-11-19-60(55)67(61)51-34-26-45(63)27-35-51)65(47-14-6-3-7-15-47)49-30-22-43(23-31-49)42-20-28-48(29-21-42)64(46-12-4-2-5-13-46)52-36-37-59-56(40-52)54-16-8-10-18-58(54)66(59)50-32-24-44(62)25-33-50/h2-22,24-30,32-41,57H,1H3. The van der Waals surface area contributed by atoms with Gasteiger partial charge in [-0.1, -0.05) is 103 Å². The summed E-state index contributed by atoms with van der Waals surface area (Å²) < 4.78 is 30.3. The van der Waals surface area contributed by atoms with Crippen LogP contribution in [0.3, 0.4) is 0 Å². The summed E-state index contributed by atoms with van der Waals surface area (Å²) in [6.45, 7) is 2.26. The number of anilines is 7. The van der Waals surface area contributed by atoms with E-state index in [4.69, 9.17) is 0 Å². The second-order valence-corrected chi connectivity index (χ2v) is 17.3. The molecular formula is C61H42F2N4. The maximum absolute atomic E-state index is 14.1. The zero-order chi connectivity index (χ0) is 45.1. The molecule has 67 heavy (non-hydrogen) atoms. The van der Waals surface area contributed by atoms with E-state index >= 15 is 0 Å². The first-order valence-electron chi connectivity index (χ1n) is 22.5. The first-order chi connectivity index (χ1) is 32.9. The van der Waals surface area contributed by atoms with Crippen LogP contribution in [0, 0.1) is 23.8 Å². The normalized spacial score (nSPS) is 16.1. The molecule has 12 rings (SSSR count). The second kappa shape index (κ2) is 16.1. The highest BCUT2D eigenvalue weighted by atomic mass is 19.1. The highest BCUT2D eigenvalue weighted by Gasteiger charge is 2.48. The van der Waals surface area contributed by atoms with E-state index < -0.39 is 5.54 Å². The van der Waals surface area contributed by atoms with Crippen LogP contribution in [0.25, 0.3) is 38.6 Å². The predicted octanol–water partition coefficient (Wildman–Crippen LogP) is 16.1. The van der Waals surface area contributed by atoms with Crippen molar-refractivity contribution >= 4 is 61.6 Å². The van der Waals surface area contributed by atoms with E-state index in [0.29, 0.717) is 0 Å². The Bertz CT molecular complexity index is 3490. The van der Waals surface area contributed by atoms with Crippen molar-refractivity contribution in [1.29, 1.82) is 0 Å². The fourth-order valence-corrected chi connectivity index (χ4v) is 10.2. The third-order valence-electron chi connectivity index (χ3n) is 13.3. The second-order valence-electron chi connectivity index (χ2n) is 17.3. The Morgan fingerprint density at radius 1 is 0.507 bits per heavy atom. The van der Waals surface area contributed by atoms with Crippen molar-refractivity contribution in [2.45, 2.75) is 18.4 Å². The lowest BCUT2D eigenvalue weighted by molar-refractivity contribution is 0.538. The van der Waals surface area contributed by atoms with Gasteiger partial charge >= 0.3 is 0 Å². The smallest absolute Gasteiger partial charge is 0.123 e. The van der Waals surface area contributed by atoms with Crippen molar-refractivity contribution in [3.8, 4) is 16.8 Å². The number of rotatable bonds is 9. The van der Waals surface area contributed by atoms with E-state index in [1.165, 1.54) is 29.8 Å². The highest BCUT2D eigenvalue weighted by molar-refractivity contribution is 6.10. The van der Waals surface area contributed by atoms with Crippen molar-refractivity contribution in [3.63, 3.8) is 0 Å². The van der Waals surface area contributed by atoms with Gasteiger partial charge in [0.1, 0.15) is 11.6 Å². The van der Waals surface area contributed by atoms with Crippen LogP contribution in [0.2, 0.25) is 0 Å². The molecule has 320 valence electrons. The number of hydrogen-bond acceptors (Lipinski definition) is 3. The number of allylic oxidation sites excluding steroid dienone is 1. The third kappa shape index (κ3) is 6.83. The summed E-state index contributed by atoms with van der Waals surface area (Å²) in [7, 11) is 0. The van der Waals surface area contributed by atoms with Crippen LogP contribution in [0.4, 0.5) is 48.6 Å². The Morgan fingerprint density at radius 3 is 1.81 bits per heavy atom. The van der Waals surface area contributed by atoms with Crippen molar-refractivity contribution in [1.82, 2.24) is 4.57 Å². The summed E-state index contributed by atoms with van der Waals surface area (Å²) in [4.78, 5) is 6.85. The fraction of sp³-hybridized carbons (Fsp3) is 0.0492. The van der Waals surface area contributed by atoms with Crippen LogP contribution < -0.4 is 14.7 Å². The minimum Gasteiger partial charge on any atom is -0.331 e. The average molecular weight is 869 g/mol. The number of benzene rings is 8. The quantitative estimate of drug-likeness (QED) is 0.144. The van der Waals surface area contributed by atoms with Gasteiger partial charge in [-0.25, -0.2) is 8.78 Å². The third-order valence-corrected chi connectivity index (χ3v) is 13.3. The van der Waals surface area contributed by atoms with E-state index in [1.54, 1.807) is 0 Å².